The number of hydrogen-bond donors (Lipinski definition) is 0. The van der Waals surface area contributed by atoms with Crippen LogP contribution in [0.2, 0.25) is 0 Å². The Morgan fingerprint density at radius 3 is 2.52 bits per heavy atom. The molecule has 0 spiro atoms. The average Bonchev–Trinajstić information content (AvgIpc) is 2.87. The molecule has 5 heteroatoms. The predicted molar refractivity (Wildman–Crippen MR) is 93.4 cm³/mol. The van der Waals surface area contributed by atoms with Gasteiger partial charge in [-0.3, -0.25) is 9.67 Å². The first-order valence-corrected chi connectivity index (χ1v) is 8.32. The molecule has 0 aliphatic carbocycles. The van der Waals surface area contributed by atoms with Gasteiger partial charge in [-0.1, -0.05) is 30.3 Å². The van der Waals surface area contributed by atoms with E-state index < -0.39 is 0 Å². The van der Waals surface area contributed by atoms with Gasteiger partial charge >= 0.3 is 0 Å². The fraction of sp³-hybridized carbons (Fsp3) is 0.222. The number of nitrogens with zero attached hydrogens (tertiary/aromatic N) is 3. The molecule has 0 fully saturated rings. The van der Waals surface area contributed by atoms with Gasteiger partial charge in [0.05, 0.1) is 5.69 Å². The first-order chi connectivity index (χ1) is 11.2. The first-order valence-electron chi connectivity index (χ1n) is 7.52. The second-order valence-electron chi connectivity index (χ2n) is 5.31. The van der Waals surface area contributed by atoms with E-state index in [1.165, 1.54) is 5.56 Å². The molecular formula is C18H18BrN3O. The lowest BCUT2D eigenvalue weighted by Gasteiger charge is -2.07. The van der Waals surface area contributed by atoms with Gasteiger partial charge in [0.1, 0.15) is 6.61 Å². The van der Waals surface area contributed by atoms with Crippen LogP contribution in [0, 0.1) is 6.92 Å². The van der Waals surface area contributed by atoms with E-state index in [0.717, 1.165) is 34.6 Å². The minimum atomic E-state index is 0.538. The molecule has 23 heavy (non-hydrogen) atoms. The van der Waals surface area contributed by atoms with Crippen molar-refractivity contribution in [3.05, 3.63) is 76.3 Å². The molecule has 2 aromatic heterocycles. The summed E-state index contributed by atoms with van der Waals surface area (Å²) >= 11 is 3.50. The van der Waals surface area contributed by atoms with E-state index in [0.29, 0.717) is 6.61 Å². The summed E-state index contributed by atoms with van der Waals surface area (Å²) in [6.45, 7) is 3.38. The van der Waals surface area contributed by atoms with Crippen molar-refractivity contribution in [2.45, 2.75) is 26.5 Å². The van der Waals surface area contributed by atoms with Crippen molar-refractivity contribution >= 4 is 15.9 Å². The SMILES string of the molecule is Cc1c(OCc2ccccc2)c(Br)nn1CCc1ccncc1. The Labute approximate surface area is 144 Å². The lowest BCUT2D eigenvalue weighted by atomic mass is 10.2. The number of pyridine rings is 1. The van der Waals surface area contributed by atoms with Crippen LogP contribution < -0.4 is 4.74 Å². The van der Waals surface area contributed by atoms with Gasteiger partial charge in [-0.25, -0.2) is 0 Å². The average molecular weight is 372 g/mol. The molecule has 0 aliphatic heterocycles. The maximum atomic E-state index is 5.95. The highest BCUT2D eigenvalue weighted by Crippen LogP contribution is 2.29. The van der Waals surface area contributed by atoms with Crippen LogP contribution in [0.15, 0.2) is 59.5 Å². The first kappa shape index (κ1) is 15.7. The highest BCUT2D eigenvalue weighted by molar-refractivity contribution is 9.10. The van der Waals surface area contributed by atoms with Crippen LogP contribution in [0.1, 0.15) is 16.8 Å². The third-order valence-electron chi connectivity index (χ3n) is 3.70. The van der Waals surface area contributed by atoms with Crippen LogP contribution in [-0.2, 0) is 19.6 Å². The molecular weight excluding hydrogens is 354 g/mol. The molecule has 0 radical (unpaired) electrons. The van der Waals surface area contributed by atoms with Crippen LogP contribution in [0.5, 0.6) is 5.75 Å². The summed E-state index contributed by atoms with van der Waals surface area (Å²) < 4.78 is 8.67. The van der Waals surface area contributed by atoms with Gasteiger partial charge in [0.2, 0.25) is 0 Å². The predicted octanol–water partition coefficient (Wildman–Crippen LogP) is 4.17. The highest BCUT2D eigenvalue weighted by Gasteiger charge is 2.14. The zero-order valence-corrected chi connectivity index (χ0v) is 14.5. The van der Waals surface area contributed by atoms with Gasteiger partial charge in [-0.15, -0.1) is 0 Å². The standard InChI is InChI=1S/C18H18BrN3O/c1-14-17(23-13-16-5-3-2-4-6-16)18(19)21-22(14)12-9-15-7-10-20-11-8-15/h2-8,10-11H,9,12-13H2,1H3. The minimum absolute atomic E-state index is 0.538. The molecule has 0 unspecified atom stereocenters. The van der Waals surface area contributed by atoms with Gasteiger partial charge < -0.3 is 4.74 Å². The summed E-state index contributed by atoms with van der Waals surface area (Å²) in [5.74, 6) is 0.809. The lowest BCUT2D eigenvalue weighted by molar-refractivity contribution is 0.301. The number of rotatable bonds is 6. The Bertz CT molecular complexity index is 757. The van der Waals surface area contributed by atoms with Crippen molar-refractivity contribution in [2.24, 2.45) is 0 Å². The molecule has 0 amide bonds. The fourth-order valence-corrected chi connectivity index (χ4v) is 2.98. The fourth-order valence-electron chi connectivity index (χ4n) is 2.39. The summed E-state index contributed by atoms with van der Waals surface area (Å²) in [5.41, 5.74) is 3.42. The zero-order valence-electron chi connectivity index (χ0n) is 12.9. The molecule has 0 saturated heterocycles. The highest BCUT2D eigenvalue weighted by atomic mass is 79.9. The van der Waals surface area contributed by atoms with Crippen molar-refractivity contribution in [1.29, 1.82) is 0 Å². The summed E-state index contributed by atoms with van der Waals surface area (Å²) in [6.07, 6.45) is 4.54. The Morgan fingerprint density at radius 2 is 1.78 bits per heavy atom. The number of hydrogen-bond acceptors (Lipinski definition) is 3. The lowest BCUT2D eigenvalue weighted by Crippen LogP contribution is -2.05. The van der Waals surface area contributed by atoms with Crippen LogP contribution in [0.25, 0.3) is 0 Å². The Balaban J connectivity index is 1.67. The van der Waals surface area contributed by atoms with Crippen molar-refractivity contribution in [2.75, 3.05) is 0 Å². The summed E-state index contributed by atoms with van der Waals surface area (Å²) in [6, 6.07) is 14.2. The van der Waals surface area contributed by atoms with Crippen LogP contribution >= 0.6 is 15.9 Å². The summed E-state index contributed by atoms with van der Waals surface area (Å²) in [7, 11) is 0. The van der Waals surface area contributed by atoms with Crippen LogP contribution in [0.3, 0.4) is 0 Å². The zero-order chi connectivity index (χ0) is 16.1. The van der Waals surface area contributed by atoms with Gasteiger partial charge in [0.25, 0.3) is 0 Å². The second-order valence-corrected chi connectivity index (χ2v) is 6.06. The van der Waals surface area contributed by atoms with Crippen molar-refractivity contribution < 1.29 is 4.74 Å². The Kier molecular flexibility index (Phi) is 5.08. The quantitative estimate of drug-likeness (QED) is 0.652. The van der Waals surface area contributed by atoms with E-state index in [-0.39, 0.29) is 0 Å². The van der Waals surface area contributed by atoms with E-state index in [4.69, 9.17) is 4.74 Å². The molecule has 4 nitrogen and oxygen atoms in total. The van der Waals surface area contributed by atoms with Gasteiger partial charge in [-0.2, -0.15) is 5.10 Å². The van der Waals surface area contributed by atoms with Crippen molar-refractivity contribution in [3.63, 3.8) is 0 Å². The summed E-state index contributed by atoms with van der Waals surface area (Å²) in [5, 5.41) is 4.53. The summed E-state index contributed by atoms with van der Waals surface area (Å²) in [4.78, 5) is 4.04. The largest absolute Gasteiger partial charge is 0.484 e. The molecule has 118 valence electrons. The van der Waals surface area contributed by atoms with Crippen molar-refractivity contribution in [1.82, 2.24) is 14.8 Å². The maximum Gasteiger partial charge on any atom is 0.175 e. The number of ether oxygens (including phenoxy) is 1. The number of aromatic nitrogens is 3. The van der Waals surface area contributed by atoms with Gasteiger partial charge in [0.15, 0.2) is 10.4 Å². The second kappa shape index (κ2) is 7.42. The molecule has 0 atom stereocenters. The van der Waals surface area contributed by atoms with E-state index in [9.17, 15) is 0 Å². The monoisotopic (exact) mass is 371 g/mol. The normalized spacial score (nSPS) is 10.7. The van der Waals surface area contributed by atoms with E-state index in [1.807, 2.05) is 54.3 Å². The van der Waals surface area contributed by atoms with E-state index in [1.54, 1.807) is 0 Å². The van der Waals surface area contributed by atoms with Crippen molar-refractivity contribution in [3.8, 4) is 5.75 Å². The van der Waals surface area contributed by atoms with Crippen LogP contribution in [-0.4, -0.2) is 14.8 Å². The number of halogens is 1. The molecule has 2 heterocycles. The molecule has 1 aromatic carbocycles. The topological polar surface area (TPSA) is 39.9 Å². The van der Waals surface area contributed by atoms with E-state index in [2.05, 4.69) is 38.1 Å². The third-order valence-corrected chi connectivity index (χ3v) is 4.22. The Morgan fingerprint density at radius 1 is 1.04 bits per heavy atom. The molecule has 0 saturated carbocycles. The van der Waals surface area contributed by atoms with E-state index >= 15 is 0 Å². The van der Waals surface area contributed by atoms with Crippen LogP contribution in [0.4, 0.5) is 0 Å². The molecule has 0 bridgehead atoms. The third kappa shape index (κ3) is 3.99. The van der Waals surface area contributed by atoms with Gasteiger partial charge in [0, 0.05) is 18.9 Å². The Hall–Kier alpha value is -2.14. The smallest absolute Gasteiger partial charge is 0.175 e. The van der Waals surface area contributed by atoms with Gasteiger partial charge in [-0.05, 0) is 52.5 Å². The maximum absolute atomic E-state index is 5.95. The number of aryl methyl sites for hydroxylation is 2. The molecule has 0 aliphatic rings. The minimum Gasteiger partial charge on any atom is -0.484 e. The number of benzene rings is 1. The molecule has 0 N–H and O–H groups in total. The molecule has 3 aromatic rings. The molecule has 3 rings (SSSR count).